The van der Waals surface area contributed by atoms with Crippen molar-refractivity contribution in [3.05, 3.63) is 128 Å². The number of carbonyl (C=O) groups excluding carboxylic acids is 1. The molecule has 0 atom stereocenters. The summed E-state index contributed by atoms with van der Waals surface area (Å²) in [4.78, 5) is 50.2. The number of aliphatic hydroxyl groups is 1. The molecule has 1 aliphatic rings. The largest absolute Gasteiger partial charge is 0.478 e. The van der Waals surface area contributed by atoms with Gasteiger partial charge in [0, 0.05) is 37.2 Å². The van der Waals surface area contributed by atoms with Crippen LogP contribution in [0.15, 0.2) is 104 Å². The zero-order valence-corrected chi connectivity index (χ0v) is 25.8. The summed E-state index contributed by atoms with van der Waals surface area (Å²) in [7, 11) is 0. The topological polar surface area (TPSA) is 194 Å². The molecule has 1 aliphatic heterocycles. The number of morpholine rings is 1. The lowest BCUT2D eigenvalue weighted by Gasteiger charge is -2.26. The van der Waals surface area contributed by atoms with Gasteiger partial charge in [0.2, 0.25) is 0 Å². The highest BCUT2D eigenvalue weighted by atomic mass is 16.6. The number of ether oxygens (including phenoxy) is 2. The van der Waals surface area contributed by atoms with Gasteiger partial charge in [0.05, 0.1) is 58.4 Å². The Hall–Kier alpha value is -6.09. The van der Waals surface area contributed by atoms with E-state index in [1.807, 2.05) is 0 Å². The molecule has 4 aromatic carbocycles. The second-order valence-corrected chi connectivity index (χ2v) is 11.0. The van der Waals surface area contributed by atoms with Gasteiger partial charge in [0.25, 0.3) is 5.69 Å². The third-order valence-electron chi connectivity index (χ3n) is 7.89. The maximum Gasteiger partial charge on any atom is 0.343 e. The number of nitro groups is 1. The van der Waals surface area contributed by atoms with Crippen LogP contribution in [0.25, 0.3) is 22.1 Å². The number of carboxylic acid groups (broad SMARTS) is 1. The molecule has 2 heterocycles. The van der Waals surface area contributed by atoms with Crippen LogP contribution in [0.5, 0.6) is 5.75 Å². The van der Waals surface area contributed by atoms with E-state index in [9.17, 15) is 34.7 Å². The number of hydrogen-bond acceptors (Lipinski definition) is 12. The highest BCUT2D eigenvalue weighted by molar-refractivity contribution is 5.99. The Morgan fingerprint density at radius 3 is 2.20 bits per heavy atom. The van der Waals surface area contributed by atoms with Crippen LogP contribution >= 0.6 is 0 Å². The molecular weight excluding hydrogens is 636 g/mol. The van der Waals surface area contributed by atoms with Crippen molar-refractivity contribution < 1.29 is 38.6 Å². The predicted octanol–water partition coefficient (Wildman–Crippen LogP) is 6.03. The SMILES string of the molecule is O=C(Oc1ccc2c(CN3CCOCC3)cc(=O)oc2c1)c1ccc(N=Nc2ccc(-c3c(C(=O)O)ccc(CO)c3[N+](=O)[O-])cc2)cc1. The molecule has 0 saturated carbocycles. The molecular formula is C35H28N4O10. The minimum atomic E-state index is -1.35. The maximum absolute atomic E-state index is 12.9. The fourth-order valence-electron chi connectivity index (χ4n) is 5.49. The van der Waals surface area contributed by atoms with Gasteiger partial charge in [0.15, 0.2) is 0 Å². The van der Waals surface area contributed by atoms with Gasteiger partial charge < -0.3 is 24.1 Å². The van der Waals surface area contributed by atoms with Gasteiger partial charge in [-0.3, -0.25) is 15.0 Å². The smallest absolute Gasteiger partial charge is 0.343 e. The normalized spacial score (nSPS) is 13.5. The van der Waals surface area contributed by atoms with Crippen LogP contribution in [0.3, 0.4) is 0 Å². The molecule has 0 radical (unpaired) electrons. The van der Waals surface area contributed by atoms with Crippen molar-refractivity contribution >= 4 is 40.0 Å². The molecule has 1 aromatic heterocycles. The number of carboxylic acids is 1. The van der Waals surface area contributed by atoms with Gasteiger partial charge in [0.1, 0.15) is 11.3 Å². The number of rotatable bonds is 10. The summed E-state index contributed by atoms with van der Waals surface area (Å²) in [6.07, 6.45) is 0. The van der Waals surface area contributed by atoms with Crippen LogP contribution in [-0.2, 0) is 17.9 Å². The molecule has 0 aliphatic carbocycles. The van der Waals surface area contributed by atoms with E-state index < -0.39 is 34.8 Å². The number of benzene rings is 4. The molecule has 0 spiro atoms. The second-order valence-electron chi connectivity index (χ2n) is 11.0. The average molecular weight is 665 g/mol. The van der Waals surface area contributed by atoms with E-state index in [0.29, 0.717) is 36.7 Å². The van der Waals surface area contributed by atoms with Crippen LogP contribution in [0, 0.1) is 10.1 Å². The molecule has 6 rings (SSSR count). The Kier molecular flexibility index (Phi) is 9.62. The number of azo groups is 1. The summed E-state index contributed by atoms with van der Waals surface area (Å²) in [6.45, 7) is 2.73. The monoisotopic (exact) mass is 664 g/mol. The molecule has 248 valence electrons. The molecule has 0 bridgehead atoms. The summed E-state index contributed by atoms with van der Waals surface area (Å²) in [5.41, 5.74) is 1.01. The second kappa shape index (κ2) is 14.4. The first-order chi connectivity index (χ1) is 23.7. The summed E-state index contributed by atoms with van der Waals surface area (Å²) in [5.74, 6) is -1.77. The zero-order valence-electron chi connectivity index (χ0n) is 25.8. The van der Waals surface area contributed by atoms with Crippen molar-refractivity contribution in [2.75, 3.05) is 26.3 Å². The van der Waals surface area contributed by atoms with Gasteiger partial charge in [-0.15, -0.1) is 0 Å². The number of fused-ring (bicyclic) bond motifs is 1. The number of aromatic carboxylic acids is 1. The Morgan fingerprint density at radius 2 is 1.57 bits per heavy atom. The molecule has 14 nitrogen and oxygen atoms in total. The number of aliphatic hydroxyl groups excluding tert-OH is 1. The molecule has 1 fully saturated rings. The Balaban J connectivity index is 1.14. The van der Waals surface area contributed by atoms with Crippen molar-refractivity contribution in [3.8, 4) is 16.9 Å². The summed E-state index contributed by atoms with van der Waals surface area (Å²) >= 11 is 0. The Bertz CT molecular complexity index is 2140. The molecule has 2 N–H and O–H groups in total. The van der Waals surface area contributed by atoms with Crippen molar-refractivity contribution in [2.45, 2.75) is 13.2 Å². The number of esters is 1. The highest BCUT2D eigenvalue weighted by Gasteiger charge is 2.27. The van der Waals surface area contributed by atoms with E-state index in [1.165, 1.54) is 60.7 Å². The average Bonchev–Trinajstić information content (AvgIpc) is 3.10. The first kappa shape index (κ1) is 32.8. The molecule has 49 heavy (non-hydrogen) atoms. The number of hydrogen-bond donors (Lipinski definition) is 2. The summed E-state index contributed by atoms with van der Waals surface area (Å²) < 4.78 is 16.3. The molecule has 1 saturated heterocycles. The number of nitro benzene ring substituents is 1. The lowest BCUT2D eigenvalue weighted by molar-refractivity contribution is -0.385. The predicted molar refractivity (Wildman–Crippen MR) is 176 cm³/mol. The van der Waals surface area contributed by atoms with Gasteiger partial charge in [-0.25, -0.2) is 14.4 Å². The van der Waals surface area contributed by atoms with Gasteiger partial charge >= 0.3 is 17.6 Å². The minimum absolute atomic E-state index is 0.0135. The van der Waals surface area contributed by atoms with Crippen molar-refractivity contribution in [2.24, 2.45) is 10.2 Å². The highest BCUT2D eigenvalue weighted by Crippen LogP contribution is 2.37. The molecule has 0 unspecified atom stereocenters. The third-order valence-corrected chi connectivity index (χ3v) is 7.89. The third kappa shape index (κ3) is 7.41. The molecule has 14 heteroatoms. The van der Waals surface area contributed by atoms with Crippen molar-refractivity contribution in [1.29, 1.82) is 0 Å². The van der Waals surface area contributed by atoms with E-state index in [-0.39, 0.29) is 33.6 Å². The molecule has 0 amide bonds. The zero-order chi connectivity index (χ0) is 34.5. The van der Waals surface area contributed by atoms with Crippen LogP contribution in [0.4, 0.5) is 17.1 Å². The number of nitrogens with zero attached hydrogens (tertiary/aromatic N) is 4. The van der Waals surface area contributed by atoms with E-state index in [4.69, 9.17) is 13.9 Å². The van der Waals surface area contributed by atoms with E-state index in [0.717, 1.165) is 24.0 Å². The van der Waals surface area contributed by atoms with Gasteiger partial charge in [-0.1, -0.05) is 12.1 Å². The van der Waals surface area contributed by atoms with Crippen LogP contribution in [0.2, 0.25) is 0 Å². The fourth-order valence-corrected chi connectivity index (χ4v) is 5.49. The van der Waals surface area contributed by atoms with Crippen molar-refractivity contribution in [3.63, 3.8) is 0 Å². The maximum atomic E-state index is 12.9. The van der Waals surface area contributed by atoms with Crippen LogP contribution in [-0.4, -0.2) is 58.3 Å². The Morgan fingerprint density at radius 1 is 0.898 bits per heavy atom. The van der Waals surface area contributed by atoms with Gasteiger partial charge in [-0.05, 0) is 71.8 Å². The standard InChI is InChI=1S/C35H28N4O10/c40-20-23-5-11-29(34(42)43)32(33(23)39(45)46)21-1-6-25(7-2-21)36-37-26-8-3-22(4-9-26)35(44)48-27-10-12-28-24(17-31(41)49-30(28)18-27)19-38-13-15-47-16-14-38/h1-12,17-18,40H,13-16,19-20H2,(H,42,43). The first-order valence-electron chi connectivity index (χ1n) is 15.1. The van der Waals surface area contributed by atoms with E-state index in [1.54, 1.807) is 24.3 Å². The van der Waals surface area contributed by atoms with Crippen molar-refractivity contribution in [1.82, 2.24) is 4.90 Å². The van der Waals surface area contributed by atoms with E-state index in [2.05, 4.69) is 15.1 Å². The lowest BCUT2D eigenvalue weighted by atomic mass is 9.94. The van der Waals surface area contributed by atoms with E-state index >= 15 is 0 Å². The van der Waals surface area contributed by atoms with Gasteiger partial charge in [-0.2, -0.15) is 10.2 Å². The number of carbonyl (C=O) groups is 2. The fraction of sp³-hybridized carbons (Fsp3) is 0.171. The van der Waals surface area contributed by atoms with Crippen LogP contribution in [0.1, 0.15) is 31.8 Å². The lowest BCUT2D eigenvalue weighted by Crippen LogP contribution is -2.35. The quantitative estimate of drug-likeness (QED) is 0.0442. The Labute approximate surface area is 277 Å². The van der Waals surface area contributed by atoms with Crippen LogP contribution < -0.4 is 10.4 Å². The first-order valence-corrected chi connectivity index (χ1v) is 15.1. The molecule has 5 aromatic rings. The summed E-state index contributed by atoms with van der Waals surface area (Å²) in [6, 6.07) is 21.0. The minimum Gasteiger partial charge on any atom is -0.478 e. The summed E-state index contributed by atoms with van der Waals surface area (Å²) in [5, 5.41) is 40.0.